The second-order valence-electron chi connectivity index (χ2n) is 6.19. The molecule has 0 amide bonds. The highest BCUT2D eigenvalue weighted by Gasteiger charge is 2.29. The predicted molar refractivity (Wildman–Crippen MR) is 104 cm³/mol. The molecule has 3 atom stereocenters. The van der Waals surface area contributed by atoms with E-state index >= 15 is 0 Å². The molecule has 1 saturated heterocycles. The standard InChI is InChI=1S/C14H22N2OS.C4H6O6/c15-13(6-7-16-8-10-17-11-9-16)12-18-14-4-2-1-3-5-14;5-1(3(7)8)2(6)4(9)10/h1-5,13H,6-12,15H2;1-2,5-6H,(H,7,8)(H,9,10)/t13-;1-,2-/m11/s1. The van der Waals surface area contributed by atoms with Gasteiger partial charge in [0.1, 0.15) is 0 Å². The van der Waals surface area contributed by atoms with E-state index in [2.05, 4.69) is 29.2 Å². The summed E-state index contributed by atoms with van der Waals surface area (Å²) in [6.45, 7) is 4.94. The molecule has 9 nitrogen and oxygen atoms in total. The zero-order chi connectivity index (χ0) is 20.9. The Labute approximate surface area is 168 Å². The third kappa shape index (κ3) is 10.0. The van der Waals surface area contributed by atoms with Gasteiger partial charge in [0.2, 0.25) is 0 Å². The zero-order valence-corrected chi connectivity index (χ0v) is 16.3. The fourth-order valence-electron chi connectivity index (χ4n) is 2.25. The fourth-order valence-corrected chi connectivity index (χ4v) is 3.17. The van der Waals surface area contributed by atoms with Gasteiger partial charge in [-0.2, -0.15) is 0 Å². The van der Waals surface area contributed by atoms with E-state index in [4.69, 9.17) is 30.9 Å². The van der Waals surface area contributed by atoms with Crippen molar-refractivity contribution in [3.8, 4) is 0 Å². The maximum Gasteiger partial charge on any atom is 0.335 e. The van der Waals surface area contributed by atoms with Crippen LogP contribution >= 0.6 is 11.8 Å². The average Bonchev–Trinajstić information content (AvgIpc) is 2.71. The van der Waals surface area contributed by atoms with E-state index in [0.717, 1.165) is 45.0 Å². The Balaban J connectivity index is 0.000000336. The number of benzene rings is 1. The minimum Gasteiger partial charge on any atom is -0.479 e. The van der Waals surface area contributed by atoms with Crippen LogP contribution in [0.3, 0.4) is 0 Å². The molecule has 1 aromatic carbocycles. The van der Waals surface area contributed by atoms with Crippen LogP contribution in [0.5, 0.6) is 0 Å². The summed E-state index contributed by atoms with van der Waals surface area (Å²) in [4.78, 5) is 23.3. The third-order valence-corrected chi connectivity index (χ3v) is 5.13. The Morgan fingerprint density at radius 1 is 1.07 bits per heavy atom. The average molecular weight is 416 g/mol. The quantitative estimate of drug-likeness (QED) is 0.339. The van der Waals surface area contributed by atoms with E-state index in [1.54, 1.807) is 0 Å². The van der Waals surface area contributed by atoms with Gasteiger partial charge in [-0.15, -0.1) is 11.8 Å². The van der Waals surface area contributed by atoms with Crippen LogP contribution in [0.25, 0.3) is 0 Å². The molecule has 2 rings (SSSR count). The molecule has 1 aliphatic heterocycles. The predicted octanol–water partition coefficient (Wildman–Crippen LogP) is -0.294. The lowest BCUT2D eigenvalue weighted by Gasteiger charge is -2.27. The van der Waals surface area contributed by atoms with Crippen molar-refractivity contribution in [2.75, 3.05) is 38.6 Å². The summed E-state index contributed by atoms with van der Waals surface area (Å²) in [7, 11) is 0. The van der Waals surface area contributed by atoms with Crippen molar-refractivity contribution in [3.05, 3.63) is 30.3 Å². The highest BCUT2D eigenvalue weighted by atomic mass is 32.2. The summed E-state index contributed by atoms with van der Waals surface area (Å²) in [5.74, 6) is -2.54. The normalized spacial score (nSPS) is 17.7. The number of aliphatic carboxylic acids is 2. The summed E-state index contributed by atoms with van der Waals surface area (Å²) in [5.41, 5.74) is 6.16. The van der Waals surface area contributed by atoms with Crippen molar-refractivity contribution in [2.45, 2.75) is 29.6 Å². The lowest BCUT2D eigenvalue weighted by molar-refractivity contribution is -0.165. The van der Waals surface area contributed by atoms with Crippen LogP contribution in [0.1, 0.15) is 6.42 Å². The number of carbonyl (C=O) groups is 2. The first kappa shape index (κ1) is 24.3. The number of carboxylic acid groups (broad SMARTS) is 2. The Morgan fingerprint density at radius 3 is 2.11 bits per heavy atom. The highest BCUT2D eigenvalue weighted by molar-refractivity contribution is 7.99. The van der Waals surface area contributed by atoms with Crippen LogP contribution in [0.2, 0.25) is 0 Å². The molecular weight excluding hydrogens is 388 g/mol. The fraction of sp³-hybridized carbons (Fsp3) is 0.556. The van der Waals surface area contributed by atoms with Crippen LogP contribution in [0, 0.1) is 0 Å². The lowest BCUT2D eigenvalue weighted by Crippen LogP contribution is -2.39. The molecule has 0 aliphatic carbocycles. The Bertz CT molecular complexity index is 567. The number of hydrogen-bond donors (Lipinski definition) is 5. The smallest absolute Gasteiger partial charge is 0.335 e. The lowest BCUT2D eigenvalue weighted by atomic mass is 10.2. The maximum atomic E-state index is 9.77. The molecule has 1 heterocycles. The Kier molecular flexibility index (Phi) is 11.7. The summed E-state index contributed by atoms with van der Waals surface area (Å²) < 4.78 is 5.33. The first-order valence-electron chi connectivity index (χ1n) is 8.86. The highest BCUT2D eigenvalue weighted by Crippen LogP contribution is 2.18. The largest absolute Gasteiger partial charge is 0.479 e. The van der Waals surface area contributed by atoms with Crippen molar-refractivity contribution >= 4 is 23.7 Å². The number of hydrogen-bond acceptors (Lipinski definition) is 8. The molecule has 1 fully saturated rings. The number of thioether (sulfide) groups is 1. The Morgan fingerprint density at radius 2 is 1.61 bits per heavy atom. The van der Waals surface area contributed by atoms with E-state index in [-0.39, 0.29) is 6.04 Å². The SMILES string of the molecule is N[C@H](CCN1CCOCC1)CSc1ccccc1.O=C(O)[C@H](O)[C@@H](O)C(=O)O. The number of rotatable bonds is 9. The van der Waals surface area contributed by atoms with Gasteiger partial charge >= 0.3 is 11.9 Å². The summed E-state index contributed by atoms with van der Waals surface area (Å²) in [6.07, 6.45) is -3.46. The van der Waals surface area contributed by atoms with Crippen molar-refractivity contribution in [1.29, 1.82) is 0 Å². The van der Waals surface area contributed by atoms with Crippen molar-refractivity contribution in [1.82, 2.24) is 4.90 Å². The maximum absolute atomic E-state index is 9.77. The molecule has 0 saturated carbocycles. The number of aliphatic hydroxyl groups excluding tert-OH is 2. The topological polar surface area (TPSA) is 154 Å². The summed E-state index contributed by atoms with van der Waals surface area (Å²) in [6, 6.07) is 10.7. The molecule has 0 spiro atoms. The minimum absolute atomic E-state index is 0.276. The molecular formula is C18H28N2O7S. The van der Waals surface area contributed by atoms with E-state index in [1.165, 1.54) is 4.90 Å². The van der Waals surface area contributed by atoms with Gasteiger partial charge in [-0.1, -0.05) is 18.2 Å². The minimum atomic E-state index is -2.27. The number of nitrogens with zero attached hydrogens (tertiary/aromatic N) is 1. The third-order valence-electron chi connectivity index (χ3n) is 3.93. The van der Waals surface area contributed by atoms with Gasteiger partial charge in [0.25, 0.3) is 0 Å². The Hall–Kier alpha value is -1.69. The molecule has 28 heavy (non-hydrogen) atoms. The van der Waals surface area contributed by atoms with Gasteiger partial charge in [0, 0.05) is 29.8 Å². The number of aliphatic hydroxyl groups is 2. The first-order chi connectivity index (χ1) is 13.3. The van der Waals surface area contributed by atoms with E-state index in [0.29, 0.717) is 0 Å². The van der Waals surface area contributed by atoms with E-state index in [9.17, 15) is 9.59 Å². The van der Waals surface area contributed by atoms with Gasteiger partial charge in [0.15, 0.2) is 12.2 Å². The van der Waals surface area contributed by atoms with Crippen molar-refractivity contribution in [2.24, 2.45) is 5.73 Å². The van der Waals surface area contributed by atoms with Crippen LogP contribution in [0.4, 0.5) is 0 Å². The number of carboxylic acids is 2. The first-order valence-corrected chi connectivity index (χ1v) is 9.85. The van der Waals surface area contributed by atoms with Crippen molar-refractivity contribution < 1.29 is 34.8 Å². The molecule has 1 aliphatic rings. The van der Waals surface area contributed by atoms with Crippen molar-refractivity contribution in [3.63, 3.8) is 0 Å². The molecule has 0 bridgehead atoms. The second kappa shape index (κ2) is 13.5. The molecule has 0 aromatic heterocycles. The van der Waals surface area contributed by atoms with E-state index < -0.39 is 24.1 Å². The monoisotopic (exact) mass is 416 g/mol. The van der Waals surface area contributed by atoms with Gasteiger partial charge < -0.3 is 30.9 Å². The summed E-state index contributed by atoms with van der Waals surface area (Å²) in [5, 5.41) is 32.5. The molecule has 10 heteroatoms. The van der Waals surface area contributed by atoms with Gasteiger partial charge in [0.05, 0.1) is 13.2 Å². The van der Waals surface area contributed by atoms with Crippen LogP contribution in [0.15, 0.2) is 35.2 Å². The molecule has 1 aromatic rings. The zero-order valence-electron chi connectivity index (χ0n) is 15.5. The number of morpholine rings is 1. The van der Waals surface area contributed by atoms with Gasteiger partial charge in [-0.25, -0.2) is 9.59 Å². The van der Waals surface area contributed by atoms with E-state index in [1.807, 2.05) is 17.8 Å². The van der Waals surface area contributed by atoms with Crippen LogP contribution < -0.4 is 5.73 Å². The second-order valence-corrected chi connectivity index (χ2v) is 7.29. The molecule has 0 radical (unpaired) electrons. The summed E-state index contributed by atoms with van der Waals surface area (Å²) >= 11 is 1.85. The molecule has 158 valence electrons. The number of ether oxygens (including phenoxy) is 1. The van der Waals surface area contributed by atoms with Crippen LogP contribution in [-0.4, -0.2) is 94.1 Å². The van der Waals surface area contributed by atoms with Crippen LogP contribution in [-0.2, 0) is 14.3 Å². The molecule has 6 N–H and O–H groups in total. The number of nitrogens with two attached hydrogens (primary N) is 1. The molecule has 0 unspecified atom stereocenters. The van der Waals surface area contributed by atoms with Gasteiger partial charge in [-0.05, 0) is 25.1 Å². The van der Waals surface area contributed by atoms with Gasteiger partial charge in [-0.3, -0.25) is 4.90 Å².